The first-order valence-corrected chi connectivity index (χ1v) is 5.84. The molecule has 1 fully saturated rings. The van der Waals surface area contributed by atoms with E-state index in [0.717, 1.165) is 30.1 Å². The van der Waals surface area contributed by atoms with Gasteiger partial charge in [-0.1, -0.05) is 12.1 Å². The summed E-state index contributed by atoms with van der Waals surface area (Å²) >= 11 is 0. The number of fused-ring (bicyclic) bond motifs is 1. The van der Waals surface area contributed by atoms with E-state index in [9.17, 15) is 4.79 Å². The van der Waals surface area contributed by atoms with Crippen molar-refractivity contribution in [3.63, 3.8) is 0 Å². The minimum atomic E-state index is -0.217. The minimum Gasteiger partial charge on any atom is -0.492 e. The predicted molar refractivity (Wildman–Crippen MR) is 60.7 cm³/mol. The van der Waals surface area contributed by atoms with E-state index < -0.39 is 0 Å². The maximum atomic E-state index is 11.0. The first-order valence-electron chi connectivity index (χ1n) is 5.84. The van der Waals surface area contributed by atoms with Crippen LogP contribution in [-0.2, 0) is 4.79 Å². The average Bonchev–Trinajstić information content (AvgIpc) is 3.14. The molecule has 2 aliphatic rings. The molecular formula is C13H15NO2. The SMILES string of the molecule is O=CC1NCCOc2cc(C3CC3)ccc21. The second-order valence-corrected chi connectivity index (χ2v) is 4.49. The van der Waals surface area contributed by atoms with Gasteiger partial charge in [-0.05, 0) is 30.4 Å². The largest absolute Gasteiger partial charge is 0.492 e. The third-order valence-electron chi connectivity index (χ3n) is 3.28. The Balaban J connectivity index is 1.99. The number of benzene rings is 1. The molecule has 1 aromatic rings. The van der Waals surface area contributed by atoms with Crippen LogP contribution in [0.3, 0.4) is 0 Å². The zero-order chi connectivity index (χ0) is 11.0. The number of hydrogen-bond donors (Lipinski definition) is 1. The summed E-state index contributed by atoms with van der Waals surface area (Å²) in [5.74, 6) is 1.60. The van der Waals surface area contributed by atoms with Gasteiger partial charge in [-0.25, -0.2) is 0 Å². The smallest absolute Gasteiger partial charge is 0.141 e. The monoisotopic (exact) mass is 217 g/mol. The molecule has 1 saturated carbocycles. The Morgan fingerprint density at radius 1 is 1.38 bits per heavy atom. The van der Waals surface area contributed by atoms with Crippen LogP contribution in [0.4, 0.5) is 0 Å². The van der Waals surface area contributed by atoms with Gasteiger partial charge in [0, 0.05) is 12.1 Å². The number of nitrogens with one attached hydrogen (secondary N) is 1. The van der Waals surface area contributed by atoms with Crippen molar-refractivity contribution < 1.29 is 9.53 Å². The van der Waals surface area contributed by atoms with Crippen molar-refractivity contribution in [1.82, 2.24) is 5.32 Å². The zero-order valence-electron chi connectivity index (χ0n) is 9.11. The molecule has 16 heavy (non-hydrogen) atoms. The molecule has 3 nitrogen and oxygen atoms in total. The lowest BCUT2D eigenvalue weighted by Crippen LogP contribution is -2.23. The van der Waals surface area contributed by atoms with Crippen LogP contribution in [0.1, 0.15) is 35.9 Å². The molecular weight excluding hydrogens is 202 g/mol. The number of rotatable bonds is 2. The van der Waals surface area contributed by atoms with Crippen molar-refractivity contribution in [2.75, 3.05) is 13.2 Å². The quantitative estimate of drug-likeness (QED) is 0.767. The van der Waals surface area contributed by atoms with Gasteiger partial charge in [0.15, 0.2) is 0 Å². The van der Waals surface area contributed by atoms with Crippen molar-refractivity contribution in [2.24, 2.45) is 0 Å². The Morgan fingerprint density at radius 2 is 2.25 bits per heavy atom. The summed E-state index contributed by atoms with van der Waals surface area (Å²) in [6, 6.07) is 6.05. The van der Waals surface area contributed by atoms with Gasteiger partial charge in [-0.2, -0.15) is 0 Å². The lowest BCUT2D eigenvalue weighted by molar-refractivity contribution is -0.109. The van der Waals surface area contributed by atoms with Crippen LogP contribution in [-0.4, -0.2) is 19.4 Å². The molecule has 0 aromatic heterocycles. The summed E-state index contributed by atoms with van der Waals surface area (Å²) in [4.78, 5) is 11.0. The lowest BCUT2D eigenvalue weighted by atomic mass is 10.0. The van der Waals surface area contributed by atoms with Crippen molar-refractivity contribution in [2.45, 2.75) is 24.8 Å². The molecule has 1 atom stereocenters. The Kier molecular flexibility index (Phi) is 2.40. The molecule has 1 aromatic carbocycles. The van der Waals surface area contributed by atoms with Crippen molar-refractivity contribution in [3.05, 3.63) is 29.3 Å². The molecule has 1 aliphatic heterocycles. The third-order valence-corrected chi connectivity index (χ3v) is 3.28. The lowest BCUT2D eigenvalue weighted by Gasteiger charge is -2.12. The number of aldehydes is 1. The zero-order valence-corrected chi connectivity index (χ0v) is 9.11. The molecule has 0 saturated heterocycles. The average molecular weight is 217 g/mol. The van der Waals surface area contributed by atoms with Gasteiger partial charge in [-0.3, -0.25) is 0 Å². The maximum absolute atomic E-state index is 11.0. The molecule has 3 rings (SSSR count). The van der Waals surface area contributed by atoms with Crippen LogP contribution in [0, 0.1) is 0 Å². The summed E-state index contributed by atoms with van der Waals surface area (Å²) < 4.78 is 5.68. The van der Waals surface area contributed by atoms with Gasteiger partial charge in [0.1, 0.15) is 18.6 Å². The van der Waals surface area contributed by atoms with Gasteiger partial charge in [0.2, 0.25) is 0 Å². The van der Waals surface area contributed by atoms with Crippen LogP contribution in [0.15, 0.2) is 18.2 Å². The van der Waals surface area contributed by atoms with E-state index in [-0.39, 0.29) is 6.04 Å². The highest BCUT2D eigenvalue weighted by molar-refractivity contribution is 5.64. The molecule has 84 valence electrons. The van der Waals surface area contributed by atoms with Crippen LogP contribution in [0.25, 0.3) is 0 Å². The van der Waals surface area contributed by atoms with E-state index in [1.807, 2.05) is 6.07 Å². The normalized spacial score (nSPS) is 24.1. The van der Waals surface area contributed by atoms with Gasteiger partial charge >= 0.3 is 0 Å². The molecule has 3 heteroatoms. The van der Waals surface area contributed by atoms with Gasteiger partial charge in [0.05, 0.1) is 6.04 Å². The van der Waals surface area contributed by atoms with Crippen LogP contribution in [0.2, 0.25) is 0 Å². The molecule has 1 N–H and O–H groups in total. The van der Waals surface area contributed by atoms with Crippen molar-refractivity contribution in [3.8, 4) is 5.75 Å². The summed E-state index contributed by atoms with van der Waals surface area (Å²) in [5.41, 5.74) is 2.32. The van der Waals surface area contributed by atoms with E-state index in [4.69, 9.17) is 4.74 Å². The first-order chi connectivity index (χ1) is 7.88. The van der Waals surface area contributed by atoms with Gasteiger partial charge in [-0.15, -0.1) is 0 Å². The first kappa shape index (κ1) is 9.85. The predicted octanol–water partition coefficient (Wildman–Crippen LogP) is 1.79. The van der Waals surface area contributed by atoms with Crippen LogP contribution < -0.4 is 10.1 Å². The molecule has 1 aliphatic carbocycles. The summed E-state index contributed by atoms with van der Waals surface area (Å²) in [6.45, 7) is 1.35. The van der Waals surface area contributed by atoms with E-state index >= 15 is 0 Å². The molecule has 0 bridgehead atoms. The number of carbonyl (C=O) groups is 1. The molecule has 0 radical (unpaired) electrons. The Bertz CT molecular complexity index is 412. The van der Waals surface area contributed by atoms with Crippen LogP contribution in [0.5, 0.6) is 5.75 Å². The minimum absolute atomic E-state index is 0.217. The van der Waals surface area contributed by atoms with E-state index in [1.165, 1.54) is 18.4 Å². The number of ether oxygens (including phenoxy) is 1. The Labute approximate surface area is 94.8 Å². The highest BCUT2D eigenvalue weighted by atomic mass is 16.5. The Morgan fingerprint density at radius 3 is 3.00 bits per heavy atom. The fourth-order valence-corrected chi connectivity index (χ4v) is 2.21. The van der Waals surface area contributed by atoms with Crippen LogP contribution >= 0.6 is 0 Å². The van der Waals surface area contributed by atoms with Crippen molar-refractivity contribution in [1.29, 1.82) is 0 Å². The van der Waals surface area contributed by atoms with Gasteiger partial charge in [0.25, 0.3) is 0 Å². The fraction of sp³-hybridized carbons (Fsp3) is 0.462. The second kappa shape index (κ2) is 3.91. The summed E-state index contributed by atoms with van der Waals surface area (Å²) in [5, 5.41) is 3.16. The maximum Gasteiger partial charge on any atom is 0.141 e. The number of carbonyl (C=O) groups excluding carboxylic acids is 1. The molecule has 0 spiro atoms. The second-order valence-electron chi connectivity index (χ2n) is 4.49. The molecule has 1 unspecified atom stereocenters. The summed E-state index contributed by atoms with van der Waals surface area (Å²) in [6.07, 6.45) is 3.52. The molecule has 1 heterocycles. The highest BCUT2D eigenvalue weighted by Crippen LogP contribution is 2.42. The topological polar surface area (TPSA) is 38.3 Å². The summed E-state index contributed by atoms with van der Waals surface area (Å²) in [7, 11) is 0. The van der Waals surface area contributed by atoms with E-state index in [0.29, 0.717) is 6.61 Å². The molecule has 0 amide bonds. The van der Waals surface area contributed by atoms with Gasteiger partial charge < -0.3 is 14.8 Å². The van der Waals surface area contributed by atoms with E-state index in [1.54, 1.807) is 0 Å². The fourth-order valence-electron chi connectivity index (χ4n) is 2.21. The van der Waals surface area contributed by atoms with E-state index in [2.05, 4.69) is 17.4 Å². The Hall–Kier alpha value is -1.35. The standard InChI is InChI=1S/C13H15NO2/c15-8-12-11-4-3-10(9-1-2-9)7-13(11)16-6-5-14-12/h3-4,7-9,12,14H,1-2,5-6H2. The number of hydrogen-bond acceptors (Lipinski definition) is 3. The highest BCUT2D eigenvalue weighted by Gasteiger charge is 2.26. The third kappa shape index (κ3) is 1.71. The van der Waals surface area contributed by atoms with Crippen molar-refractivity contribution >= 4 is 6.29 Å².